The monoisotopic (exact) mass is 440 g/mol. The van der Waals surface area contributed by atoms with Crippen molar-refractivity contribution in [3.63, 3.8) is 0 Å². The van der Waals surface area contributed by atoms with Gasteiger partial charge in [0, 0.05) is 45.8 Å². The molecule has 162 valence electrons. The lowest BCUT2D eigenvalue weighted by atomic mass is 9.84. The summed E-state index contributed by atoms with van der Waals surface area (Å²) < 4.78 is 0. The predicted molar refractivity (Wildman–Crippen MR) is 122 cm³/mol. The van der Waals surface area contributed by atoms with Crippen LogP contribution < -0.4 is 10.2 Å². The van der Waals surface area contributed by atoms with Crippen molar-refractivity contribution >= 4 is 34.9 Å². The number of carbonyl (C=O) groups excluding carboxylic acids is 1. The predicted octanol–water partition coefficient (Wildman–Crippen LogP) is 4.72. The van der Waals surface area contributed by atoms with Crippen LogP contribution in [0.25, 0.3) is 0 Å². The highest BCUT2D eigenvalue weighted by Gasteiger charge is 2.27. The number of anilines is 1. The molecule has 2 amide bonds. The first-order valence-electron chi connectivity index (χ1n) is 10.8. The van der Waals surface area contributed by atoms with Gasteiger partial charge in [-0.05, 0) is 63.6 Å². The zero-order valence-corrected chi connectivity index (χ0v) is 19.3. The molecule has 29 heavy (non-hydrogen) atoms. The molecule has 1 N–H and O–H groups in total. The summed E-state index contributed by atoms with van der Waals surface area (Å²) in [6.45, 7) is 6.51. The maximum atomic E-state index is 11.8. The number of hydrogen-bond donors (Lipinski definition) is 1. The molecule has 1 aromatic rings. The summed E-state index contributed by atoms with van der Waals surface area (Å²) >= 11 is 12.6. The quantitative estimate of drug-likeness (QED) is 0.719. The molecule has 0 unspecified atom stereocenters. The summed E-state index contributed by atoms with van der Waals surface area (Å²) in [6, 6.07) is 6.66. The van der Waals surface area contributed by atoms with E-state index in [1.54, 1.807) is 19.0 Å². The smallest absolute Gasteiger partial charge is 0.317 e. The Labute approximate surface area is 185 Å². The first kappa shape index (κ1) is 22.5. The minimum Gasteiger partial charge on any atom is -0.365 e. The van der Waals surface area contributed by atoms with Crippen LogP contribution in [0.5, 0.6) is 0 Å². The lowest BCUT2D eigenvalue weighted by Crippen LogP contribution is -2.52. The molecule has 5 nitrogen and oxygen atoms in total. The van der Waals surface area contributed by atoms with Crippen LogP contribution in [0.4, 0.5) is 10.5 Å². The van der Waals surface area contributed by atoms with Crippen LogP contribution in [-0.4, -0.2) is 68.2 Å². The molecule has 3 rings (SSSR count). The summed E-state index contributed by atoms with van der Waals surface area (Å²) in [5.41, 5.74) is 1.05. The molecular weight excluding hydrogens is 407 g/mol. The fourth-order valence-electron chi connectivity index (χ4n) is 4.57. The van der Waals surface area contributed by atoms with Gasteiger partial charge in [-0.1, -0.05) is 29.3 Å². The van der Waals surface area contributed by atoms with E-state index in [0.717, 1.165) is 50.6 Å². The lowest BCUT2D eigenvalue weighted by molar-refractivity contribution is 0.187. The molecule has 1 saturated heterocycles. The molecule has 1 heterocycles. The van der Waals surface area contributed by atoms with Gasteiger partial charge in [-0.3, -0.25) is 4.90 Å². The van der Waals surface area contributed by atoms with Gasteiger partial charge < -0.3 is 15.1 Å². The normalized spacial score (nSPS) is 25.7. The SMILES string of the molecule is C[C@@H]1CN(CCC2CCC(NC(=O)N(C)C)CC2)CCN1c1cccc(Cl)c1Cl. The molecule has 0 bridgehead atoms. The zero-order valence-electron chi connectivity index (χ0n) is 17.8. The number of benzene rings is 1. The van der Waals surface area contributed by atoms with Crippen molar-refractivity contribution in [2.24, 2.45) is 5.92 Å². The van der Waals surface area contributed by atoms with E-state index >= 15 is 0 Å². The Morgan fingerprint density at radius 1 is 1.17 bits per heavy atom. The minimum absolute atomic E-state index is 0.0279. The molecule has 0 spiro atoms. The van der Waals surface area contributed by atoms with Gasteiger partial charge in [0.15, 0.2) is 0 Å². The number of urea groups is 1. The molecule has 1 atom stereocenters. The van der Waals surface area contributed by atoms with E-state index in [1.807, 2.05) is 12.1 Å². The van der Waals surface area contributed by atoms with Crippen LogP contribution >= 0.6 is 23.2 Å². The Morgan fingerprint density at radius 2 is 1.90 bits per heavy atom. The van der Waals surface area contributed by atoms with E-state index in [0.29, 0.717) is 22.1 Å². The van der Waals surface area contributed by atoms with E-state index in [1.165, 1.54) is 19.3 Å². The highest BCUT2D eigenvalue weighted by molar-refractivity contribution is 6.43. The molecule has 0 radical (unpaired) electrons. The number of hydrogen-bond acceptors (Lipinski definition) is 3. The highest BCUT2D eigenvalue weighted by atomic mass is 35.5. The fourth-order valence-corrected chi connectivity index (χ4v) is 4.98. The van der Waals surface area contributed by atoms with Gasteiger partial charge >= 0.3 is 6.03 Å². The topological polar surface area (TPSA) is 38.8 Å². The van der Waals surface area contributed by atoms with Gasteiger partial charge in [-0.2, -0.15) is 0 Å². The lowest BCUT2D eigenvalue weighted by Gasteiger charge is -2.42. The van der Waals surface area contributed by atoms with Crippen LogP contribution in [0.2, 0.25) is 10.0 Å². The van der Waals surface area contributed by atoms with Crippen LogP contribution in [0, 0.1) is 5.92 Å². The molecule has 1 aliphatic heterocycles. The van der Waals surface area contributed by atoms with Gasteiger partial charge in [0.05, 0.1) is 15.7 Å². The Morgan fingerprint density at radius 3 is 2.55 bits per heavy atom. The second-order valence-electron chi connectivity index (χ2n) is 8.77. The van der Waals surface area contributed by atoms with Gasteiger partial charge in [0.1, 0.15) is 0 Å². The van der Waals surface area contributed by atoms with E-state index in [2.05, 4.69) is 28.1 Å². The molecule has 2 aliphatic rings. The Bertz CT molecular complexity index is 691. The third kappa shape index (κ3) is 5.93. The standard InChI is InChI=1S/C22H34Cl2N4O/c1-16-15-27(13-14-28(16)20-6-4-5-19(23)21(20)24)12-11-17-7-9-18(10-8-17)25-22(29)26(2)3/h4-6,16-18H,7-15H2,1-3H3,(H,25,29)/t16-,17?,18?/m1/s1. The van der Waals surface area contributed by atoms with Crippen molar-refractivity contribution in [1.82, 2.24) is 15.1 Å². The molecule has 7 heteroatoms. The maximum absolute atomic E-state index is 11.8. The number of nitrogens with zero attached hydrogens (tertiary/aromatic N) is 3. The zero-order chi connectivity index (χ0) is 21.0. The first-order chi connectivity index (χ1) is 13.8. The van der Waals surface area contributed by atoms with Crippen LogP contribution in [0.3, 0.4) is 0 Å². The Hall–Kier alpha value is -1.17. The summed E-state index contributed by atoms with van der Waals surface area (Å²) in [7, 11) is 3.59. The van der Waals surface area contributed by atoms with Gasteiger partial charge in [0.2, 0.25) is 0 Å². The minimum atomic E-state index is 0.0279. The second kappa shape index (κ2) is 10.2. The summed E-state index contributed by atoms with van der Waals surface area (Å²) in [5.74, 6) is 0.776. The number of nitrogens with one attached hydrogen (secondary N) is 1. The van der Waals surface area contributed by atoms with Crippen LogP contribution in [0.1, 0.15) is 39.0 Å². The van der Waals surface area contributed by atoms with Crippen molar-refractivity contribution in [3.05, 3.63) is 28.2 Å². The number of rotatable bonds is 5. The van der Waals surface area contributed by atoms with E-state index < -0.39 is 0 Å². The van der Waals surface area contributed by atoms with Crippen LogP contribution in [-0.2, 0) is 0 Å². The third-order valence-corrected chi connectivity index (χ3v) is 7.20. The molecule has 0 aromatic heterocycles. The van der Waals surface area contributed by atoms with Crippen molar-refractivity contribution in [2.45, 2.75) is 51.1 Å². The summed E-state index contributed by atoms with van der Waals surface area (Å²) in [4.78, 5) is 18.4. The molecule has 2 fully saturated rings. The highest BCUT2D eigenvalue weighted by Crippen LogP contribution is 2.34. The maximum Gasteiger partial charge on any atom is 0.317 e. The fraction of sp³-hybridized carbons (Fsp3) is 0.682. The number of carbonyl (C=O) groups is 1. The second-order valence-corrected chi connectivity index (χ2v) is 9.55. The van der Waals surface area contributed by atoms with E-state index in [9.17, 15) is 4.79 Å². The molecular formula is C22H34Cl2N4O. The number of piperazine rings is 1. The molecule has 1 aliphatic carbocycles. The van der Waals surface area contributed by atoms with E-state index in [-0.39, 0.29) is 6.03 Å². The van der Waals surface area contributed by atoms with Crippen molar-refractivity contribution < 1.29 is 4.79 Å². The average Bonchev–Trinajstić information content (AvgIpc) is 2.70. The summed E-state index contributed by atoms with van der Waals surface area (Å²) in [6.07, 6.45) is 5.88. The Kier molecular flexibility index (Phi) is 7.94. The molecule has 1 saturated carbocycles. The largest absolute Gasteiger partial charge is 0.365 e. The van der Waals surface area contributed by atoms with Crippen molar-refractivity contribution in [2.75, 3.05) is 45.2 Å². The van der Waals surface area contributed by atoms with E-state index in [4.69, 9.17) is 23.2 Å². The first-order valence-corrected chi connectivity index (χ1v) is 11.5. The number of amides is 2. The van der Waals surface area contributed by atoms with Gasteiger partial charge in [-0.15, -0.1) is 0 Å². The van der Waals surface area contributed by atoms with Crippen molar-refractivity contribution in [3.8, 4) is 0 Å². The third-order valence-electron chi connectivity index (χ3n) is 6.39. The van der Waals surface area contributed by atoms with Gasteiger partial charge in [-0.25, -0.2) is 4.79 Å². The van der Waals surface area contributed by atoms with Gasteiger partial charge in [0.25, 0.3) is 0 Å². The molecule has 1 aromatic carbocycles. The Balaban J connectivity index is 1.41. The van der Waals surface area contributed by atoms with Crippen LogP contribution in [0.15, 0.2) is 18.2 Å². The van der Waals surface area contributed by atoms with Crippen molar-refractivity contribution in [1.29, 1.82) is 0 Å². The summed E-state index contributed by atoms with van der Waals surface area (Å²) in [5, 5.41) is 4.41. The number of halogens is 2. The average molecular weight is 441 g/mol.